The van der Waals surface area contributed by atoms with Gasteiger partial charge in [-0.1, -0.05) is 19.4 Å². The maximum absolute atomic E-state index is 9.66. The Bertz CT molecular complexity index is 173. The van der Waals surface area contributed by atoms with E-state index < -0.39 is 18.5 Å². The molecule has 1 heterocycles. The SMILES string of the molecule is [CH2-]C1O[C@@H](OC)C(O)[C@@H](O)[C@H]1CC.[Re].[Re].[Re]. The van der Waals surface area contributed by atoms with Gasteiger partial charge in [0.15, 0.2) is 6.29 Å². The first-order valence-corrected chi connectivity index (χ1v) is 4.49. The molecule has 0 aromatic heterocycles. The molecule has 7 heteroatoms. The van der Waals surface area contributed by atoms with Crippen LogP contribution in [0.15, 0.2) is 0 Å². The fraction of sp³-hybridized carbons (Fsp3) is 0.889. The van der Waals surface area contributed by atoms with E-state index in [0.717, 1.165) is 6.42 Å². The maximum Gasteiger partial charge on any atom is 0.183 e. The van der Waals surface area contributed by atoms with Gasteiger partial charge < -0.3 is 26.6 Å². The third-order valence-corrected chi connectivity index (χ3v) is 2.56. The van der Waals surface area contributed by atoms with Crippen molar-refractivity contribution in [1.82, 2.24) is 0 Å². The summed E-state index contributed by atoms with van der Waals surface area (Å²) < 4.78 is 10.1. The Morgan fingerprint density at radius 2 is 1.69 bits per heavy atom. The standard InChI is InChI=1S/C9H17O4.3Re/c1-4-6-5(2)13-9(12-3)8(11)7(6)10;;;/h5-11H,2,4H2,1,3H3;;;/q-1;;;/t5?,6-,7-,8?,9+;;;/m0.../s1. The van der Waals surface area contributed by atoms with Crippen molar-refractivity contribution in [3.8, 4) is 0 Å². The van der Waals surface area contributed by atoms with E-state index in [2.05, 4.69) is 6.92 Å². The fourth-order valence-electron chi connectivity index (χ4n) is 1.69. The normalized spacial score (nSPS) is 37.7. The zero-order valence-corrected chi connectivity index (χ0v) is 17.3. The Kier molecular flexibility index (Phi) is 15.4. The predicted molar refractivity (Wildman–Crippen MR) is 46.8 cm³/mol. The molecule has 16 heavy (non-hydrogen) atoms. The summed E-state index contributed by atoms with van der Waals surface area (Å²) in [6.07, 6.45) is -2.16. The van der Waals surface area contributed by atoms with Gasteiger partial charge in [0.25, 0.3) is 0 Å². The molecule has 0 saturated carbocycles. The van der Waals surface area contributed by atoms with E-state index in [-0.39, 0.29) is 73.3 Å². The van der Waals surface area contributed by atoms with Crippen LogP contribution in [0.25, 0.3) is 0 Å². The second-order valence-electron chi connectivity index (χ2n) is 3.33. The third-order valence-electron chi connectivity index (χ3n) is 2.56. The van der Waals surface area contributed by atoms with Crippen molar-refractivity contribution < 1.29 is 81.0 Å². The number of hydrogen-bond donors (Lipinski definition) is 2. The largest absolute Gasteiger partial charge is 0.390 e. The van der Waals surface area contributed by atoms with Gasteiger partial charge in [-0.3, -0.25) is 0 Å². The first kappa shape index (κ1) is 23.0. The molecule has 99 valence electrons. The first-order chi connectivity index (χ1) is 6.11. The van der Waals surface area contributed by atoms with Crippen LogP contribution in [0.1, 0.15) is 13.3 Å². The molecule has 1 fully saturated rings. The predicted octanol–water partition coefficient (Wildman–Crippen LogP) is -0.0677. The minimum absolute atomic E-state index is 0. The Morgan fingerprint density at radius 1 is 1.19 bits per heavy atom. The van der Waals surface area contributed by atoms with E-state index in [1.54, 1.807) is 0 Å². The van der Waals surface area contributed by atoms with Crippen molar-refractivity contribution in [2.24, 2.45) is 5.92 Å². The number of aliphatic hydroxyl groups is 2. The van der Waals surface area contributed by atoms with Crippen molar-refractivity contribution >= 4 is 0 Å². The molecule has 0 bridgehead atoms. The van der Waals surface area contributed by atoms with E-state index >= 15 is 0 Å². The molecule has 1 rings (SSSR count). The second kappa shape index (κ2) is 10.7. The van der Waals surface area contributed by atoms with Crippen LogP contribution in [0.3, 0.4) is 0 Å². The zero-order chi connectivity index (χ0) is 10.0. The van der Waals surface area contributed by atoms with Crippen LogP contribution in [0.5, 0.6) is 0 Å². The summed E-state index contributed by atoms with van der Waals surface area (Å²) in [5.41, 5.74) is 0. The van der Waals surface area contributed by atoms with Crippen molar-refractivity contribution in [3.05, 3.63) is 6.92 Å². The molecular weight excluding hydrogens is 731 g/mol. The van der Waals surface area contributed by atoms with Gasteiger partial charge in [-0.2, -0.15) is 0 Å². The summed E-state index contributed by atoms with van der Waals surface area (Å²) in [6, 6.07) is 0. The Labute approximate surface area is 138 Å². The van der Waals surface area contributed by atoms with Crippen LogP contribution in [-0.2, 0) is 70.7 Å². The third kappa shape index (κ3) is 5.22. The van der Waals surface area contributed by atoms with Gasteiger partial charge in [0.05, 0.1) is 6.10 Å². The molecule has 0 spiro atoms. The average molecular weight is 748 g/mol. The summed E-state index contributed by atoms with van der Waals surface area (Å²) in [6.45, 7) is 5.69. The molecule has 3 radical (unpaired) electrons. The number of methoxy groups -OCH3 is 1. The molecule has 2 unspecified atom stereocenters. The Balaban J connectivity index is -0.000000563. The van der Waals surface area contributed by atoms with Crippen molar-refractivity contribution in [2.75, 3.05) is 7.11 Å². The average Bonchev–Trinajstić information content (AvgIpc) is 2.12. The molecular formula is C9H17O4Re3-. The summed E-state index contributed by atoms with van der Waals surface area (Å²) in [4.78, 5) is 0. The van der Waals surface area contributed by atoms with Crippen LogP contribution in [0, 0.1) is 12.8 Å². The van der Waals surface area contributed by atoms with Gasteiger partial charge in [-0.15, -0.1) is 0 Å². The quantitative estimate of drug-likeness (QED) is 0.389. The number of rotatable bonds is 2. The molecule has 1 aliphatic rings. The summed E-state index contributed by atoms with van der Waals surface area (Å²) >= 11 is 0. The van der Waals surface area contributed by atoms with E-state index in [0.29, 0.717) is 0 Å². The minimum Gasteiger partial charge on any atom is -0.390 e. The summed E-state index contributed by atoms with van der Waals surface area (Å²) in [7, 11) is 1.43. The maximum atomic E-state index is 9.66. The van der Waals surface area contributed by atoms with Crippen molar-refractivity contribution in [1.29, 1.82) is 0 Å². The topological polar surface area (TPSA) is 58.9 Å². The van der Waals surface area contributed by atoms with Gasteiger partial charge in [-0.05, 0) is 5.92 Å². The number of aliphatic hydroxyl groups excluding tert-OH is 2. The van der Waals surface area contributed by atoms with Gasteiger partial charge in [0, 0.05) is 68.4 Å². The molecule has 4 nitrogen and oxygen atoms in total. The number of hydrogen-bond acceptors (Lipinski definition) is 4. The van der Waals surface area contributed by atoms with E-state index in [4.69, 9.17) is 9.47 Å². The summed E-state index contributed by atoms with van der Waals surface area (Å²) in [5.74, 6) is -0.124. The van der Waals surface area contributed by atoms with E-state index in [1.807, 2.05) is 6.92 Å². The van der Waals surface area contributed by atoms with E-state index in [9.17, 15) is 10.2 Å². The molecule has 0 aliphatic carbocycles. The second-order valence-corrected chi connectivity index (χ2v) is 3.33. The number of ether oxygens (including phenoxy) is 2. The molecule has 5 atom stereocenters. The van der Waals surface area contributed by atoms with Gasteiger partial charge >= 0.3 is 0 Å². The smallest absolute Gasteiger partial charge is 0.183 e. The Hall–Kier alpha value is 1.83. The molecule has 2 N–H and O–H groups in total. The molecule has 0 aromatic rings. The minimum atomic E-state index is -0.979. The van der Waals surface area contributed by atoms with Crippen LogP contribution in [0.2, 0.25) is 0 Å². The molecule has 1 aliphatic heterocycles. The molecule has 0 amide bonds. The summed E-state index contributed by atoms with van der Waals surface area (Å²) in [5, 5.41) is 19.2. The first-order valence-electron chi connectivity index (χ1n) is 4.49. The Morgan fingerprint density at radius 3 is 2.06 bits per heavy atom. The van der Waals surface area contributed by atoms with Crippen LogP contribution < -0.4 is 0 Å². The van der Waals surface area contributed by atoms with Gasteiger partial charge in [-0.25, -0.2) is 0 Å². The van der Waals surface area contributed by atoms with Crippen LogP contribution in [-0.4, -0.2) is 41.9 Å². The monoisotopic (exact) mass is 750 g/mol. The van der Waals surface area contributed by atoms with Crippen molar-refractivity contribution in [3.63, 3.8) is 0 Å². The van der Waals surface area contributed by atoms with Crippen LogP contribution >= 0.6 is 0 Å². The molecule has 0 aromatic carbocycles. The fourth-order valence-corrected chi connectivity index (χ4v) is 1.69. The molecule has 1 saturated heterocycles. The van der Waals surface area contributed by atoms with Crippen LogP contribution in [0.4, 0.5) is 0 Å². The zero-order valence-electron chi connectivity index (χ0n) is 9.15. The van der Waals surface area contributed by atoms with Gasteiger partial charge in [0.2, 0.25) is 0 Å². The van der Waals surface area contributed by atoms with Crippen molar-refractivity contribution in [2.45, 2.75) is 37.9 Å². The van der Waals surface area contributed by atoms with E-state index in [1.165, 1.54) is 7.11 Å². The van der Waals surface area contributed by atoms with Gasteiger partial charge in [0.1, 0.15) is 6.10 Å².